The maximum atomic E-state index is 14.6. The van der Waals surface area contributed by atoms with Crippen molar-refractivity contribution in [3.05, 3.63) is 29.8 Å². The summed E-state index contributed by atoms with van der Waals surface area (Å²) >= 11 is 0. The average Bonchev–Trinajstić information content (AvgIpc) is 2.60. The van der Waals surface area contributed by atoms with Crippen molar-refractivity contribution >= 4 is 17.6 Å². The van der Waals surface area contributed by atoms with Gasteiger partial charge in [-0.3, -0.25) is 9.59 Å². The molecule has 0 bridgehead atoms. The van der Waals surface area contributed by atoms with Gasteiger partial charge in [-0.15, -0.1) is 0 Å². The van der Waals surface area contributed by atoms with Gasteiger partial charge in [-0.25, -0.2) is 4.39 Å². The Hall–Kier alpha value is -1.91. The molecule has 1 aromatic rings. The predicted molar refractivity (Wildman–Crippen MR) is 59.1 cm³/mol. The van der Waals surface area contributed by atoms with Crippen molar-refractivity contribution in [1.29, 1.82) is 0 Å². The quantitative estimate of drug-likeness (QED) is 0.815. The molecular formula is C12H12FNO3. The Bertz CT molecular complexity index is 475. The van der Waals surface area contributed by atoms with Gasteiger partial charge in [-0.2, -0.15) is 0 Å². The molecule has 4 nitrogen and oxygen atoms in total. The molecule has 0 spiro atoms. The Morgan fingerprint density at radius 1 is 1.47 bits per heavy atom. The smallest absolute Gasteiger partial charge is 0.305 e. The Morgan fingerprint density at radius 2 is 2.18 bits per heavy atom. The number of carbonyl (C=O) groups is 2. The van der Waals surface area contributed by atoms with Crippen molar-refractivity contribution in [1.82, 2.24) is 0 Å². The minimum absolute atomic E-state index is 0.130. The topological polar surface area (TPSA) is 55.4 Å². The van der Waals surface area contributed by atoms with Crippen LogP contribution in [0.25, 0.3) is 0 Å². The highest BCUT2D eigenvalue weighted by atomic mass is 19.1. The third kappa shape index (κ3) is 1.88. The van der Waals surface area contributed by atoms with E-state index in [1.54, 1.807) is 24.3 Å². The monoisotopic (exact) mass is 237 g/mol. The largest absolute Gasteiger partial charge is 0.469 e. The van der Waals surface area contributed by atoms with Crippen LogP contribution in [-0.4, -0.2) is 19.0 Å². The lowest BCUT2D eigenvalue weighted by molar-refractivity contribution is -0.142. The molecule has 17 heavy (non-hydrogen) atoms. The number of carbonyl (C=O) groups excluding carboxylic acids is 2. The van der Waals surface area contributed by atoms with Crippen LogP contribution in [0.4, 0.5) is 10.1 Å². The Kier molecular flexibility index (Phi) is 2.83. The molecule has 0 aromatic heterocycles. The standard InChI is InChI=1S/C12H12FNO3/c1-17-10(15)6-7-12(13)8-4-2-3-5-9(8)14-11(12)16/h2-5H,6-7H2,1H3,(H,14,16). The number of para-hydroxylation sites is 1. The van der Waals surface area contributed by atoms with Crippen LogP contribution in [0.3, 0.4) is 0 Å². The number of hydrogen-bond acceptors (Lipinski definition) is 3. The summed E-state index contributed by atoms with van der Waals surface area (Å²) in [5.74, 6) is -1.25. The minimum Gasteiger partial charge on any atom is -0.469 e. The molecule has 1 N–H and O–H groups in total. The van der Waals surface area contributed by atoms with Crippen LogP contribution in [-0.2, 0) is 20.0 Å². The number of rotatable bonds is 3. The summed E-state index contributed by atoms with van der Waals surface area (Å²) in [6, 6.07) is 6.55. The average molecular weight is 237 g/mol. The minimum atomic E-state index is -2.13. The van der Waals surface area contributed by atoms with Gasteiger partial charge in [0.15, 0.2) is 0 Å². The Labute approximate surface area is 97.8 Å². The summed E-state index contributed by atoms with van der Waals surface area (Å²) in [5.41, 5.74) is -1.39. The van der Waals surface area contributed by atoms with E-state index < -0.39 is 17.5 Å². The molecule has 1 heterocycles. The molecule has 0 aliphatic carbocycles. The van der Waals surface area contributed by atoms with Crippen LogP contribution in [0.5, 0.6) is 0 Å². The maximum absolute atomic E-state index is 14.6. The number of esters is 1. The first-order valence-electron chi connectivity index (χ1n) is 5.24. The van der Waals surface area contributed by atoms with Crippen molar-refractivity contribution in [2.24, 2.45) is 0 Å². The summed E-state index contributed by atoms with van der Waals surface area (Å²) < 4.78 is 19.0. The third-order valence-electron chi connectivity index (χ3n) is 2.86. The molecule has 0 saturated heterocycles. The lowest BCUT2D eigenvalue weighted by atomic mass is 9.92. The second-order valence-corrected chi connectivity index (χ2v) is 3.88. The lowest BCUT2D eigenvalue weighted by Gasteiger charge is -2.16. The lowest BCUT2D eigenvalue weighted by Crippen LogP contribution is -2.30. The van der Waals surface area contributed by atoms with Crippen LogP contribution in [0.1, 0.15) is 18.4 Å². The van der Waals surface area contributed by atoms with E-state index in [1.165, 1.54) is 7.11 Å². The number of methoxy groups -OCH3 is 1. The van der Waals surface area contributed by atoms with Gasteiger partial charge < -0.3 is 10.1 Å². The number of alkyl halides is 1. The number of amides is 1. The van der Waals surface area contributed by atoms with Crippen molar-refractivity contribution in [2.75, 3.05) is 12.4 Å². The number of nitrogens with one attached hydrogen (secondary N) is 1. The fourth-order valence-electron chi connectivity index (χ4n) is 1.91. The molecule has 0 radical (unpaired) electrons. The molecule has 1 aliphatic rings. The highest BCUT2D eigenvalue weighted by molar-refractivity contribution is 6.05. The zero-order valence-corrected chi connectivity index (χ0v) is 9.33. The van der Waals surface area contributed by atoms with Gasteiger partial charge in [0, 0.05) is 24.1 Å². The summed E-state index contributed by atoms with van der Waals surface area (Å²) in [5, 5.41) is 2.46. The summed E-state index contributed by atoms with van der Waals surface area (Å²) in [7, 11) is 1.23. The SMILES string of the molecule is COC(=O)CCC1(F)C(=O)Nc2ccccc21. The first kappa shape index (κ1) is 11.6. The van der Waals surface area contributed by atoms with Gasteiger partial charge in [0.2, 0.25) is 5.67 Å². The van der Waals surface area contributed by atoms with Crippen LogP contribution >= 0.6 is 0 Å². The highest BCUT2D eigenvalue weighted by Gasteiger charge is 2.47. The van der Waals surface area contributed by atoms with Crippen molar-refractivity contribution in [2.45, 2.75) is 18.5 Å². The predicted octanol–water partition coefficient (Wildman–Crippen LogP) is 1.76. The fourth-order valence-corrected chi connectivity index (χ4v) is 1.91. The van der Waals surface area contributed by atoms with E-state index in [1.807, 2.05) is 0 Å². The Morgan fingerprint density at radius 3 is 2.88 bits per heavy atom. The number of fused-ring (bicyclic) bond motifs is 1. The highest BCUT2D eigenvalue weighted by Crippen LogP contribution is 2.42. The first-order valence-corrected chi connectivity index (χ1v) is 5.24. The van der Waals surface area contributed by atoms with Crippen molar-refractivity contribution in [3.63, 3.8) is 0 Å². The van der Waals surface area contributed by atoms with E-state index in [9.17, 15) is 14.0 Å². The third-order valence-corrected chi connectivity index (χ3v) is 2.86. The van der Waals surface area contributed by atoms with E-state index in [4.69, 9.17) is 0 Å². The molecule has 1 aromatic carbocycles. The van der Waals surface area contributed by atoms with E-state index in [-0.39, 0.29) is 18.4 Å². The number of halogens is 1. The number of hydrogen-bond donors (Lipinski definition) is 1. The molecule has 1 atom stereocenters. The summed E-state index contributed by atoms with van der Waals surface area (Å²) in [4.78, 5) is 22.6. The molecule has 1 unspecified atom stereocenters. The number of anilines is 1. The molecular weight excluding hydrogens is 225 g/mol. The van der Waals surface area contributed by atoms with Gasteiger partial charge in [0.25, 0.3) is 5.91 Å². The number of benzene rings is 1. The van der Waals surface area contributed by atoms with Gasteiger partial charge in [-0.1, -0.05) is 18.2 Å². The van der Waals surface area contributed by atoms with Crippen LogP contribution in [0, 0.1) is 0 Å². The van der Waals surface area contributed by atoms with Gasteiger partial charge in [-0.05, 0) is 6.07 Å². The summed E-state index contributed by atoms with van der Waals surface area (Å²) in [6.07, 6.45) is -0.336. The Balaban J connectivity index is 2.24. The van der Waals surface area contributed by atoms with Crippen molar-refractivity contribution < 1.29 is 18.7 Å². The normalized spacial score (nSPS) is 21.9. The second kappa shape index (κ2) is 4.16. The molecule has 1 aliphatic heterocycles. The van der Waals surface area contributed by atoms with E-state index in [0.717, 1.165) is 0 Å². The molecule has 0 saturated carbocycles. The van der Waals surface area contributed by atoms with Crippen LogP contribution in [0.15, 0.2) is 24.3 Å². The van der Waals surface area contributed by atoms with Gasteiger partial charge in [0.05, 0.1) is 7.11 Å². The molecule has 2 rings (SSSR count). The zero-order chi connectivity index (χ0) is 12.5. The maximum Gasteiger partial charge on any atom is 0.305 e. The van der Waals surface area contributed by atoms with Gasteiger partial charge >= 0.3 is 5.97 Å². The van der Waals surface area contributed by atoms with Crippen LogP contribution in [0.2, 0.25) is 0 Å². The first-order chi connectivity index (χ1) is 8.08. The molecule has 90 valence electrons. The fraction of sp³-hybridized carbons (Fsp3) is 0.333. The number of ether oxygens (including phenoxy) is 1. The zero-order valence-electron chi connectivity index (χ0n) is 9.33. The second-order valence-electron chi connectivity index (χ2n) is 3.88. The molecule has 5 heteroatoms. The molecule has 1 amide bonds. The van der Waals surface area contributed by atoms with Gasteiger partial charge in [0.1, 0.15) is 0 Å². The van der Waals surface area contributed by atoms with E-state index >= 15 is 0 Å². The van der Waals surface area contributed by atoms with Crippen LogP contribution < -0.4 is 5.32 Å². The van der Waals surface area contributed by atoms with E-state index in [2.05, 4.69) is 10.1 Å². The molecule has 0 fully saturated rings. The van der Waals surface area contributed by atoms with E-state index in [0.29, 0.717) is 5.69 Å². The summed E-state index contributed by atoms with van der Waals surface area (Å²) in [6.45, 7) is 0. The van der Waals surface area contributed by atoms with Crippen molar-refractivity contribution in [3.8, 4) is 0 Å².